The summed E-state index contributed by atoms with van der Waals surface area (Å²) in [5.74, 6) is 1.01. The van der Waals surface area contributed by atoms with E-state index in [0.717, 1.165) is 43.1 Å². The number of fused-ring (bicyclic) bond motifs is 1. The van der Waals surface area contributed by atoms with E-state index >= 15 is 0 Å². The minimum Gasteiger partial charge on any atom is -0.373 e. The van der Waals surface area contributed by atoms with Crippen LogP contribution in [0.25, 0.3) is 11.4 Å². The Labute approximate surface area is 182 Å². The zero-order valence-corrected chi connectivity index (χ0v) is 19.3. The standard InChI is InChI=1S/C22H33N5O2S/c1-6-14-16(23-14)18(28)19(22(2,3)4)25-21(29)17-15-11-26(5)8-9-27(15)20(24-17)13-7-10-30-12-13/h7,10,12,14,16,19,21,23,25,29H,6,8-9,11H2,1-5H3. The molecule has 0 radical (unpaired) electrons. The molecule has 1 fully saturated rings. The summed E-state index contributed by atoms with van der Waals surface area (Å²) in [5.41, 5.74) is 2.38. The molecule has 4 unspecified atom stereocenters. The van der Waals surface area contributed by atoms with Crippen LogP contribution in [0.3, 0.4) is 0 Å². The minimum absolute atomic E-state index is 0.122. The maximum Gasteiger partial charge on any atom is 0.168 e. The first-order valence-corrected chi connectivity index (χ1v) is 11.7. The van der Waals surface area contributed by atoms with Crippen molar-refractivity contribution in [1.29, 1.82) is 0 Å². The number of aliphatic hydroxyl groups excluding tert-OH is 1. The monoisotopic (exact) mass is 431 g/mol. The number of carbonyl (C=O) groups is 1. The molecular weight excluding hydrogens is 398 g/mol. The lowest BCUT2D eigenvalue weighted by Crippen LogP contribution is -2.50. The number of thiophene rings is 1. The van der Waals surface area contributed by atoms with Crippen LogP contribution in [0.1, 0.15) is 51.7 Å². The van der Waals surface area contributed by atoms with Crippen molar-refractivity contribution >= 4 is 17.1 Å². The van der Waals surface area contributed by atoms with E-state index in [-0.39, 0.29) is 23.3 Å². The average molecular weight is 432 g/mol. The zero-order chi connectivity index (χ0) is 21.6. The van der Waals surface area contributed by atoms with Crippen LogP contribution in [0, 0.1) is 5.41 Å². The van der Waals surface area contributed by atoms with Crippen molar-refractivity contribution in [2.75, 3.05) is 13.6 Å². The third kappa shape index (κ3) is 4.11. The lowest BCUT2D eigenvalue weighted by Gasteiger charge is -2.32. The van der Waals surface area contributed by atoms with Gasteiger partial charge in [0, 0.05) is 36.6 Å². The molecular formula is C22H33N5O2S. The van der Waals surface area contributed by atoms with E-state index in [4.69, 9.17) is 4.98 Å². The lowest BCUT2D eigenvalue weighted by molar-refractivity contribution is -0.124. The van der Waals surface area contributed by atoms with Gasteiger partial charge in [0.1, 0.15) is 11.5 Å². The molecule has 4 atom stereocenters. The minimum atomic E-state index is -1.00. The molecule has 2 aliphatic heterocycles. The molecule has 2 aromatic rings. The van der Waals surface area contributed by atoms with Gasteiger partial charge in [0.15, 0.2) is 12.0 Å². The fourth-order valence-corrected chi connectivity index (χ4v) is 4.97. The number of carbonyl (C=O) groups excluding carboxylic acids is 1. The molecule has 0 aliphatic carbocycles. The van der Waals surface area contributed by atoms with Crippen molar-refractivity contribution < 1.29 is 9.90 Å². The van der Waals surface area contributed by atoms with E-state index in [1.165, 1.54) is 0 Å². The van der Waals surface area contributed by atoms with Crippen LogP contribution in [0.2, 0.25) is 0 Å². The van der Waals surface area contributed by atoms with Gasteiger partial charge in [-0.2, -0.15) is 11.3 Å². The second-order valence-corrected chi connectivity index (χ2v) is 10.4. The number of nitrogens with one attached hydrogen (secondary N) is 2. The van der Waals surface area contributed by atoms with Crippen LogP contribution in [-0.2, 0) is 17.9 Å². The SMILES string of the molecule is CCC1NC1C(=O)C(NC(O)c1nc(-c2ccsc2)n2c1CN(C)CC2)C(C)(C)C. The normalized spacial score (nSPS) is 23.8. The molecule has 3 N–H and O–H groups in total. The number of hydrogen-bond acceptors (Lipinski definition) is 7. The Bertz CT molecular complexity index is 902. The second-order valence-electron chi connectivity index (χ2n) is 9.60. The molecule has 1 saturated heterocycles. The summed E-state index contributed by atoms with van der Waals surface area (Å²) >= 11 is 1.64. The van der Waals surface area contributed by atoms with Crippen LogP contribution < -0.4 is 10.6 Å². The molecule has 7 nitrogen and oxygen atoms in total. The highest BCUT2D eigenvalue weighted by atomic mass is 32.1. The Kier molecular flexibility index (Phi) is 5.89. The van der Waals surface area contributed by atoms with Crippen molar-refractivity contribution in [3.63, 3.8) is 0 Å². The summed E-state index contributed by atoms with van der Waals surface area (Å²) in [4.78, 5) is 20.2. The summed E-state index contributed by atoms with van der Waals surface area (Å²) < 4.78 is 2.21. The molecule has 0 amide bonds. The molecule has 4 rings (SSSR count). The molecule has 0 aromatic carbocycles. The maximum absolute atomic E-state index is 13.2. The van der Waals surface area contributed by atoms with Gasteiger partial charge in [-0.05, 0) is 30.3 Å². The summed E-state index contributed by atoms with van der Waals surface area (Å²) in [6, 6.07) is 1.72. The predicted octanol–water partition coefficient (Wildman–Crippen LogP) is 2.37. The van der Waals surface area contributed by atoms with Crippen molar-refractivity contribution in [3.05, 3.63) is 28.2 Å². The number of rotatable bonds is 7. The van der Waals surface area contributed by atoms with Gasteiger partial charge in [0.05, 0.1) is 17.8 Å². The zero-order valence-electron chi connectivity index (χ0n) is 18.5. The Morgan fingerprint density at radius 1 is 1.43 bits per heavy atom. The number of hydrogen-bond donors (Lipinski definition) is 3. The number of Topliss-reactive ketones (excluding diaryl/α,β-unsaturated/α-hetero) is 1. The Balaban J connectivity index is 1.63. The topological polar surface area (TPSA) is 92.3 Å². The van der Waals surface area contributed by atoms with Gasteiger partial charge < -0.3 is 15.0 Å². The van der Waals surface area contributed by atoms with E-state index in [1.807, 2.05) is 26.2 Å². The number of imidazole rings is 1. The number of likely N-dealkylation sites (N-methyl/N-ethyl adjacent to an activating group) is 1. The number of aromatic nitrogens is 2. The maximum atomic E-state index is 13.2. The van der Waals surface area contributed by atoms with Crippen molar-refractivity contribution in [2.45, 2.75) is 71.6 Å². The third-order valence-electron chi connectivity index (χ3n) is 6.18. The molecule has 0 spiro atoms. The molecule has 164 valence electrons. The second kappa shape index (κ2) is 8.16. The molecule has 2 aliphatic rings. The summed E-state index contributed by atoms with van der Waals surface area (Å²) in [6.07, 6.45) is -0.0714. The summed E-state index contributed by atoms with van der Waals surface area (Å²) in [7, 11) is 2.08. The van der Waals surface area contributed by atoms with Gasteiger partial charge in [-0.3, -0.25) is 15.0 Å². The van der Waals surface area contributed by atoms with Gasteiger partial charge >= 0.3 is 0 Å². The highest BCUT2D eigenvalue weighted by molar-refractivity contribution is 7.08. The Hall–Kier alpha value is -1.58. The fraction of sp³-hybridized carbons (Fsp3) is 0.636. The van der Waals surface area contributed by atoms with Crippen molar-refractivity contribution in [1.82, 2.24) is 25.1 Å². The first-order chi connectivity index (χ1) is 14.2. The van der Waals surface area contributed by atoms with E-state index < -0.39 is 12.3 Å². The molecule has 8 heteroatoms. The van der Waals surface area contributed by atoms with Gasteiger partial charge in [-0.15, -0.1) is 0 Å². The molecule has 30 heavy (non-hydrogen) atoms. The molecule has 0 bridgehead atoms. The van der Waals surface area contributed by atoms with Gasteiger partial charge in [-0.1, -0.05) is 27.7 Å². The molecule has 4 heterocycles. The number of nitrogens with zero attached hydrogens (tertiary/aromatic N) is 3. The molecule has 0 saturated carbocycles. The Morgan fingerprint density at radius 2 is 2.20 bits per heavy atom. The van der Waals surface area contributed by atoms with E-state index in [0.29, 0.717) is 5.69 Å². The van der Waals surface area contributed by atoms with Crippen molar-refractivity contribution in [2.24, 2.45) is 5.41 Å². The number of aliphatic hydroxyl groups is 1. The predicted molar refractivity (Wildman–Crippen MR) is 119 cm³/mol. The largest absolute Gasteiger partial charge is 0.373 e. The number of ketones is 1. The highest BCUT2D eigenvalue weighted by Gasteiger charge is 2.47. The molecule has 2 aromatic heterocycles. The van der Waals surface area contributed by atoms with E-state index in [2.05, 4.69) is 45.5 Å². The first-order valence-electron chi connectivity index (χ1n) is 10.7. The first kappa shape index (κ1) is 21.6. The van der Waals surface area contributed by atoms with Gasteiger partial charge in [0.2, 0.25) is 0 Å². The Morgan fingerprint density at radius 3 is 2.80 bits per heavy atom. The smallest absolute Gasteiger partial charge is 0.168 e. The fourth-order valence-electron chi connectivity index (χ4n) is 4.33. The van der Waals surface area contributed by atoms with E-state index in [1.54, 1.807) is 11.3 Å². The van der Waals surface area contributed by atoms with Gasteiger partial charge in [0.25, 0.3) is 0 Å². The van der Waals surface area contributed by atoms with Crippen LogP contribution >= 0.6 is 11.3 Å². The van der Waals surface area contributed by atoms with Crippen LogP contribution in [-0.4, -0.2) is 57.1 Å². The van der Waals surface area contributed by atoms with Crippen LogP contribution in [0.4, 0.5) is 0 Å². The van der Waals surface area contributed by atoms with E-state index in [9.17, 15) is 9.90 Å². The third-order valence-corrected chi connectivity index (χ3v) is 6.86. The lowest BCUT2D eigenvalue weighted by atomic mass is 9.82. The van der Waals surface area contributed by atoms with Gasteiger partial charge in [-0.25, -0.2) is 4.98 Å². The van der Waals surface area contributed by atoms with Crippen molar-refractivity contribution in [3.8, 4) is 11.4 Å². The quantitative estimate of drug-likeness (QED) is 0.460. The summed E-state index contributed by atoms with van der Waals surface area (Å²) in [6.45, 7) is 10.7. The van der Waals surface area contributed by atoms with Crippen LogP contribution in [0.15, 0.2) is 16.8 Å². The van der Waals surface area contributed by atoms with Crippen LogP contribution in [0.5, 0.6) is 0 Å². The highest BCUT2D eigenvalue weighted by Crippen LogP contribution is 2.32. The summed E-state index contributed by atoms with van der Waals surface area (Å²) in [5, 5.41) is 21.8. The average Bonchev–Trinajstić information content (AvgIpc) is 3.10.